The van der Waals surface area contributed by atoms with Gasteiger partial charge in [0, 0.05) is 12.2 Å². The van der Waals surface area contributed by atoms with Crippen LogP contribution in [0.3, 0.4) is 0 Å². The van der Waals surface area contributed by atoms with Crippen LogP contribution in [-0.2, 0) is 4.74 Å². The lowest BCUT2D eigenvalue weighted by Crippen LogP contribution is -2.31. The first-order valence-electron chi connectivity index (χ1n) is 7.53. The van der Waals surface area contributed by atoms with Crippen molar-refractivity contribution < 1.29 is 14.3 Å². The molecular weight excluding hydrogens is 268 g/mol. The predicted octanol–water partition coefficient (Wildman–Crippen LogP) is 2.31. The van der Waals surface area contributed by atoms with E-state index >= 15 is 0 Å². The molecule has 0 spiro atoms. The van der Waals surface area contributed by atoms with Gasteiger partial charge in [0.2, 0.25) is 0 Å². The highest BCUT2D eigenvalue weighted by molar-refractivity contribution is 5.95. The van der Waals surface area contributed by atoms with Gasteiger partial charge in [-0.2, -0.15) is 0 Å². The van der Waals surface area contributed by atoms with E-state index in [0.29, 0.717) is 23.6 Å². The molecule has 116 valence electrons. The number of benzene rings is 1. The molecule has 5 nitrogen and oxygen atoms in total. The van der Waals surface area contributed by atoms with Gasteiger partial charge in [0.05, 0.1) is 19.3 Å². The average molecular weight is 292 g/mol. The summed E-state index contributed by atoms with van der Waals surface area (Å²) in [6.45, 7) is 4.11. The molecule has 0 aromatic heterocycles. The fourth-order valence-corrected chi connectivity index (χ4v) is 2.57. The highest BCUT2D eigenvalue weighted by Crippen LogP contribution is 2.20. The molecule has 1 aromatic rings. The number of nitrogens with two attached hydrogens (primary N) is 1. The van der Waals surface area contributed by atoms with Crippen LogP contribution >= 0.6 is 0 Å². The van der Waals surface area contributed by atoms with Gasteiger partial charge in [-0.3, -0.25) is 0 Å². The number of ether oxygens (including phenoxy) is 2. The Morgan fingerprint density at radius 3 is 2.76 bits per heavy atom. The summed E-state index contributed by atoms with van der Waals surface area (Å²) in [6.07, 6.45) is 4.95. The summed E-state index contributed by atoms with van der Waals surface area (Å²) in [5, 5.41) is 0. The number of nitrogen functional groups attached to an aromatic ring is 1. The van der Waals surface area contributed by atoms with Gasteiger partial charge in [0.15, 0.2) is 0 Å². The number of carbonyl (C=O) groups is 1. The Morgan fingerprint density at radius 1 is 1.29 bits per heavy atom. The molecule has 0 amide bonds. The Kier molecular flexibility index (Phi) is 5.87. The Balaban J connectivity index is 1.78. The van der Waals surface area contributed by atoms with Crippen LogP contribution in [0.2, 0.25) is 0 Å². The number of carbonyl (C=O) groups excluding carboxylic acids is 1. The molecule has 0 saturated carbocycles. The summed E-state index contributed by atoms with van der Waals surface area (Å²) in [7, 11) is 1.34. The van der Waals surface area contributed by atoms with E-state index in [1.54, 1.807) is 18.2 Å². The lowest BCUT2D eigenvalue weighted by Gasteiger charge is -2.26. The second-order valence-electron chi connectivity index (χ2n) is 5.34. The number of esters is 1. The lowest BCUT2D eigenvalue weighted by atomic mass is 10.1. The highest BCUT2D eigenvalue weighted by Gasteiger charge is 2.12. The van der Waals surface area contributed by atoms with E-state index in [-0.39, 0.29) is 0 Å². The van der Waals surface area contributed by atoms with Crippen molar-refractivity contribution in [2.24, 2.45) is 0 Å². The normalized spacial score (nSPS) is 15.7. The first kappa shape index (κ1) is 15.6. The molecule has 5 heteroatoms. The first-order valence-corrected chi connectivity index (χ1v) is 7.53. The minimum atomic E-state index is -0.439. The van der Waals surface area contributed by atoms with Crippen LogP contribution in [-0.4, -0.2) is 44.2 Å². The number of nitrogens with zero attached hydrogens (tertiary/aromatic N) is 1. The smallest absolute Gasteiger partial charge is 0.340 e. The Labute approximate surface area is 126 Å². The fraction of sp³-hybridized carbons (Fsp3) is 0.562. The predicted molar refractivity (Wildman–Crippen MR) is 82.6 cm³/mol. The van der Waals surface area contributed by atoms with Crippen LogP contribution in [0, 0.1) is 0 Å². The standard InChI is InChI=1S/C16H24N2O3/c1-20-16(19)14-12-13(6-7-15(14)17)21-11-5-10-18-8-3-2-4-9-18/h6-7,12H,2-5,8-11,17H2,1H3. The molecule has 1 heterocycles. The molecule has 2 rings (SSSR count). The summed E-state index contributed by atoms with van der Waals surface area (Å²) >= 11 is 0. The second kappa shape index (κ2) is 7.88. The number of methoxy groups -OCH3 is 1. The lowest BCUT2D eigenvalue weighted by molar-refractivity contribution is 0.0601. The van der Waals surface area contributed by atoms with Crippen molar-refractivity contribution in [2.75, 3.05) is 39.1 Å². The van der Waals surface area contributed by atoms with Crippen LogP contribution in [0.5, 0.6) is 5.75 Å². The van der Waals surface area contributed by atoms with Gasteiger partial charge < -0.3 is 20.1 Å². The molecule has 1 aliphatic heterocycles. The molecule has 1 fully saturated rings. The van der Waals surface area contributed by atoms with Crippen molar-refractivity contribution in [1.82, 2.24) is 4.90 Å². The fourth-order valence-electron chi connectivity index (χ4n) is 2.57. The van der Waals surface area contributed by atoms with Crippen LogP contribution < -0.4 is 10.5 Å². The molecule has 2 N–H and O–H groups in total. The second-order valence-corrected chi connectivity index (χ2v) is 5.34. The van der Waals surface area contributed by atoms with E-state index < -0.39 is 5.97 Å². The van der Waals surface area contributed by atoms with E-state index in [2.05, 4.69) is 4.90 Å². The molecule has 1 aliphatic rings. The molecule has 0 aliphatic carbocycles. The van der Waals surface area contributed by atoms with Crippen LogP contribution in [0.4, 0.5) is 5.69 Å². The van der Waals surface area contributed by atoms with Gasteiger partial charge in [-0.25, -0.2) is 4.79 Å². The third-order valence-corrected chi connectivity index (χ3v) is 3.77. The number of hydrogen-bond donors (Lipinski definition) is 1. The zero-order chi connectivity index (χ0) is 15.1. The third kappa shape index (κ3) is 4.63. The molecular formula is C16H24N2O3. The molecule has 21 heavy (non-hydrogen) atoms. The van der Waals surface area contributed by atoms with Crippen LogP contribution in [0.1, 0.15) is 36.0 Å². The van der Waals surface area contributed by atoms with Crippen molar-refractivity contribution in [1.29, 1.82) is 0 Å². The summed E-state index contributed by atoms with van der Waals surface area (Å²) in [5.41, 5.74) is 6.51. The van der Waals surface area contributed by atoms with Gasteiger partial charge in [0.1, 0.15) is 5.75 Å². The maximum atomic E-state index is 11.6. The third-order valence-electron chi connectivity index (χ3n) is 3.77. The maximum Gasteiger partial charge on any atom is 0.340 e. The quantitative estimate of drug-likeness (QED) is 0.495. The van der Waals surface area contributed by atoms with Crippen molar-refractivity contribution >= 4 is 11.7 Å². The van der Waals surface area contributed by atoms with Crippen molar-refractivity contribution in [3.05, 3.63) is 23.8 Å². The zero-order valence-electron chi connectivity index (χ0n) is 12.6. The van der Waals surface area contributed by atoms with Gasteiger partial charge in [-0.05, 0) is 50.6 Å². The molecule has 0 atom stereocenters. The monoisotopic (exact) mass is 292 g/mol. The van der Waals surface area contributed by atoms with E-state index in [4.69, 9.17) is 15.2 Å². The first-order chi connectivity index (χ1) is 10.2. The number of anilines is 1. The Bertz CT molecular complexity index is 471. The van der Waals surface area contributed by atoms with Crippen molar-refractivity contribution in [2.45, 2.75) is 25.7 Å². The minimum Gasteiger partial charge on any atom is -0.494 e. The van der Waals surface area contributed by atoms with Crippen LogP contribution in [0.25, 0.3) is 0 Å². The summed E-state index contributed by atoms with van der Waals surface area (Å²) in [5.74, 6) is 0.217. The summed E-state index contributed by atoms with van der Waals surface area (Å²) in [4.78, 5) is 14.0. The Hall–Kier alpha value is -1.75. The molecule has 1 saturated heterocycles. The average Bonchev–Trinajstić information content (AvgIpc) is 2.53. The largest absolute Gasteiger partial charge is 0.494 e. The summed E-state index contributed by atoms with van der Waals surface area (Å²) < 4.78 is 10.4. The van der Waals surface area contributed by atoms with Crippen molar-refractivity contribution in [3.63, 3.8) is 0 Å². The van der Waals surface area contributed by atoms with E-state index in [1.165, 1.54) is 39.5 Å². The van der Waals surface area contributed by atoms with Crippen LogP contribution in [0.15, 0.2) is 18.2 Å². The number of piperidine rings is 1. The van der Waals surface area contributed by atoms with Gasteiger partial charge in [0.25, 0.3) is 0 Å². The zero-order valence-corrected chi connectivity index (χ0v) is 12.6. The van der Waals surface area contributed by atoms with Gasteiger partial charge in [-0.1, -0.05) is 6.42 Å². The summed E-state index contributed by atoms with van der Waals surface area (Å²) in [6, 6.07) is 5.09. The van der Waals surface area contributed by atoms with Gasteiger partial charge >= 0.3 is 5.97 Å². The van der Waals surface area contributed by atoms with E-state index in [9.17, 15) is 4.79 Å². The minimum absolute atomic E-state index is 0.353. The van der Waals surface area contributed by atoms with Gasteiger partial charge in [-0.15, -0.1) is 0 Å². The number of rotatable bonds is 6. The van der Waals surface area contributed by atoms with E-state index in [1.807, 2.05) is 0 Å². The number of hydrogen-bond acceptors (Lipinski definition) is 5. The molecule has 0 radical (unpaired) electrons. The molecule has 0 bridgehead atoms. The molecule has 0 unspecified atom stereocenters. The van der Waals surface area contributed by atoms with Crippen molar-refractivity contribution in [3.8, 4) is 5.75 Å². The number of likely N-dealkylation sites (tertiary alicyclic amines) is 1. The maximum absolute atomic E-state index is 11.6. The SMILES string of the molecule is COC(=O)c1cc(OCCCN2CCCCC2)ccc1N. The Morgan fingerprint density at radius 2 is 2.05 bits per heavy atom. The van der Waals surface area contributed by atoms with E-state index in [0.717, 1.165) is 13.0 Å². The topological polar surface area (TPSA) is 64.8 Å². The highest BCUT2D eigenvalue weighted by atomic mass is 16.5. The molecule has 1 aromatic carbocycles.